The molecule has 0 aliphatic carbocycles. The molecular formula is C16H19BrN4O. The van der Waals surface area contributed by atoms with Crippen LogP contribution in [-0.4, -0.2) is 22.4 Å². The summed E-state index contributed by atoms with van der Waals surface area (Å²) < 4.78 is 0.964. The number of nitrogens with one attached hydrogen (secondary N) is 2. The van der Waals surface area contributed by atoms with Gasteiger partial charge in [-0.1, -0.05) is 29.3 Å². The highest BCUT2D eigenvalue weighted by molar-refractivity contribution is 9.10. The number of hydrogen-bond donors (Lipinski definition) is 2. The number of carbonyl (C=O) groups excluding carboxylic acids is 1. The highest BCUT2D eigenvalue weighted by Gasteiger charge is 2.10. The van der Waals surface area contributed by atoms with E-state index in [1.807, 2.05) is 24.3 Å². The maximum Gasteiger partial charge on any atom is 0.274 e. The SMILES string of the molecule is CCCCNc1cc(C(=O)Nc2ccc(Br)cc2)nc(C)n1. The number of anilines is 2. The normalized spacial score (nSPS) is 10.3. The monoisotopic (exact) mass is 362 g/mol. The van der Waals surface area contributed by atoms with Crippen LogP contribution in [0.2, 0.25) is 0 Å². The summed E-state index contributed by atoms with van der Waals surface area (Å²) in [5.41, 5.74) is 1.08. The molecule has 6 heteroatoms. The molecule has 0 unspecified atom stereocenters. The Bertz CT molecular complexity index is 643. The minimum atomic E-state index is -0.244. The molecule has 1 aromatic heterocycles. The molecule has 5 nitrogen and oxygen atoms in total. The van der Waals surface area contributed by atoms with E-state index in [-0.39, 0.29) is 5.91 Å². The molecule has 0 radical (unpaired) electrons. The Morgan fingerprint density at radius 2 is 1.95 bits per heavy atom. The van der Waals surface area contributed by atoms with E-state index in [0.717, 1.165) is 29.5 Å². The lowest BCUT2D eigenvalue weighted by Crippen LogP contribution is -2.16. The van der Waals surface area contributed by atoms with E-state index < -0.39 is 0 Å². The molecule has 0 spiro atoms. The van der Waals surface area contributed by atoms with E-state index in [0.29, 0.717) is 17.3 Å². The molecule has 0 aliphatic rings. The third-order valence-corrected chi connectivity index (χ3v) is 3.54. The van der Waals surface area contributed by atoms with Gasteiger partial charge in [-0.3, -0.25) is 4.79 Å². The van der Waals surface area contributed by atoms with Crippen molar-refractivity contribution in [2.75, 3.05) is 17.2 Å². The second-order valence-corrected chi connectivity index (χ2v) is 5.84. The van der Waals surface area contributed by atoms with Gasteiger partial charge in [0.15, 0.2) is 0 Å². The summed E-state index contributed by atoms with van der Waals surface area (Å²) in [4.78, 5) is 20.8. The first-order valence-corrected chi connectivity index (χ1v) is 8.04. The van der Waals surface area contributed by atoms with Gasteiger partial charge in [0, 0.05) is 22.8 Å². The fraction of sp³-hybridized carbons (Fsp3) is 0.312. The Morgan fingerprint density at radius 3 is 2.64 bits per heavy atom. The van der Waals surface area contributed by atoms with Gasteiger partial charge in [0.2, 0.25) is 0 Å². The number of halogens is 1. The third kappa shape index (κ3) is 4.80. The maximum absolute atomic E-state index is 12.3. The molecule has 1 aromatic carbocycles. The Labute approximate surface area is 138 Å². The summed E-state index contributed by atoms with van der Waals surface area (Å²) >= 11 is 3.36. The molecule has 0 saturated carbocycles. The van der Waals surface area contributed by atoms with Crippen molar-refractivity contribution >= 4 is 33.3 Å². The number of carbonyl (C=O) groups is 1. The van der Waals surface area contributed by atoms with Crippen molar-refractivity contribution in [3.05, 3.63) is 46.3 Å². The van der Waals surface area contributed by atoms with E-state index in [1.54, 1.807) is 13.0 Å². The van der Waals surface area contributed by atoms with E-state index in [9.17, 15) is 4.79 Å². The lowest BCUT2D eigenvalue weighted by Gasteiger charge is -2.09. The number of aromatic nitrogens is 2. The molecule has 1 amide bonds. The Morgan fingerprint density at radius 1 is 1.23 bits per heavy atom. The van der Waals surface area contributed by atoms with Gasteiger partial charge in [-0.2, -0.15) is 0 Å². The quantitative estimate of drug-likeness (QED) is 0.761. The summed E-state index contributed by atoms with van der Waals surface area (Å²) in [5.74, 6) is 1.01. The minimum absolute atomic E-state index is 0.244. The summed E-state index contributed by atoms with van der Waals surface area (Å²) in [6.07, 6.45) is 2.16. The van der Waals surface area contributed by atoms with Gasteiger partial charge in [-0.05, 0) is 37.6 Å². The Balaban J connectivity index is 2.09. The van der Waals surface area contributed by atoms with Crippen molar-refractivity contribution in [2.45, 2.75) is 26.7 Å². The molecule has 22 heavy (non-hydrogen) atoms. The third-order valence-electron chi connectivity index (χ3n) is 3.01. The number of unbranched alkanes of at least 4 members (excludes halogenated alkanes) is 1. The van der Waals surface area contributed by atoms with Gasteiger partial charge in [-0.25, -0.2) is 9.97 Å². The lowest BCUT2D eigenvalue weighted by molar-refractivity contribution is 0.102. The largest absolute Gasteiger partial charge is 0.370 e. The molecule has 2 rings (SSSR count). The average molecular weight is 363 g/mol. The van der Waals surface area contributed by atoms with Crippen LogP contribution in [0, 0.1) is 6.92 Å². The Hall–Kier alpha value is -1.95. The van der Waals surface area contributed by atoms with Crippen LogP contribution < -0.4 is 10.6 Å². The summed E-state index contributed by atoms with van der Waals surface area (Å²) in [6.45, 7) is 4.74. The van der Waals surface area contributed by atoms with Crippen LogP contribution in [-0.2, 0) is 0 Å². The molecule has 0 fully saturated rings. The predicted octanol–water partition coefficient (Wildman–Crippen LogP) is 4.01. The molecule has 116 valence electrons. The minimum Gasteiger partial charge on any atom is -0.370 e. The smallest absolute Gasteiger partial charge is 0.274 e. The van der Waals surface area contributed by atoms with Crippen LogP contribution >= 0.6 is 15.9 Å². The number of aryl methyl sites for hydroxylation is 1. The average Bonchev–Trinajstić information content (AvgIpc) is 2.49. The first-order chi connectivity index (χ1) is 10.6. The van der Waals surface area contributed by atoms with E-state index in [4.69, 9.17) is 0 Å². The molecule has 1 heterocycles. The fourth-order valence-electron chi connectivity index (χ4n) is 1.90. The molecular weight excluding hydrogens is 344 g/mol. The van der Waals surface area contributed by atoms with Crippen molar-refractivity contribution in [1.82, 2.24) is 9.97 Å². The Kier molecular flexibility index (Phi) is 5.89. The zero-order chi connectivity index (χ0) is 15.9. The lowest BCUT2D eigenvalue weighted by atomic mass is 10.3. The van der Waals surface area contributed by atoms with Gasteiger partial charge in [0.1, 0.15) is 17.3 Å². The van der Waals surface area contributed by atoms with Crippen LogP contribution in [0.5, 0.6) is 0 Å². The second kappa shape index (κ2) is 7.89. The predicted molar refractivity (Wildman–Crippen MR) is 92.3 cm³/mol. The first kappa shape index (κ1) is 16.4. The van der Waals surface area contributed by atoms with Crippen LogP contribution in [0.1, 0.15) is 36.1 Å². The summed E-state index contributed by atoms with van der Waals surface area (Å²) in [7, 11) is 0. The van der Waals surface area contributed by atoms with Gasteiger partial charge >= 0.3 is 0 Å². The van der Waals surface area contributed by atoms with Crippen LogP contribution in [0.15, 0.2) is 34.8 Å². The van der Waals surface area contributed by atoms with Gasteiger partial charge in [0.25, 0.3) is 5.91 Å². The highest BCUT2D eigenvalue weighted by Crippen LogP contribution is 2.15. The molecule has 2 N–H and O–H groups in total. The van der Waals surface area contributed by atoms with Crippen LogP contribution in [0.4, 0.5) is 11.5 Å². The standard InChI is InChI=1S/C16H19BrN4O/c1-3-4-9-18-15-10-14(19-11(2)20-15)16(22)21-13-7-5-12(17)6-8-13/h5-8,10H,3-4,9H2,1-2H3,(H,21,22)(H,18,19,20). The van der Waals surface area contributed by atoms with Crippen molar-refractivity contribution in [1.29, 1.82) is 0 Å². The van der Waals surface area contributed by atoms with Crippen LogP contribution in [0.25, 0.3) is 0 Å². The van der Waals surface area contributed by atoms with Gasteiger partial charge in [0.05, 0.1) is 0 Å². The van der Waals surface area contributed by atoms with E-state index in [2.05, 4.69) is 43.5 Å². The summed E-state index contributed by atoms with van der Waals surface area (Å²) in [6, 6.07) is 9.08. The molecule has 2 aromatic rings. The number of rotatable bonds is 6. The number of benzene rings is 1. The van der Waals surface area contributed by atoms with Gasteiger partial charge < -0.3 is 10.6 Å². The van der Waals surface area contributed by atoms with E-state index in [1.165, 1.54) is 0 Å². The zero-order valence-corrected chi connectivity index (χ0v) is 14.3. The first-order valence-electron chi connectivity index (χ1n) is 7.25. The molecule has 0 saturated heterocycles. The summed E-state index contributed by atoms with van der Waals surface area (Å²) in [5, 5.41) is 6.04. The maximum atomic E-state index is 12.3. The zero-order valence-electron chi connectivity index (χ0n) is 12.7. The highest BCUT2D eigenvalue weighted by atomic mass is 79.9. The van der Waals surface area contributed by atoms with Crippen molar-refractivity contribution in [2.24, 2.45) is 0 Å². The van der Waals surface area contributed by atoms with E-state index >= 15 is 0 Å². The molecule has 0 bridgehead atoms. The number of hydrogen-bond acceptors (Lipinski definition) is 4. The van der Waals surface area contributed by atoms with Crippen molar-refractivity contribution in [3.8, 4) is 0 Å². The van der Waals surface area contributed by atoms with Gasteiger partial charge in [-0.15, -0.1) is 0 Å². The van der Waals surface area contributed by atoms with Crippen LogP contribution in [0.3, 0.4) is 0 Å². The van der Waals surface area contributed by atoms with Crippen molar-refractivity contribution in [3.63, 3.8) is 0 Å². The second-order valence-electron chi connectivity index (χ2n) is 4.93. The molecule has 0 aliphatic heterocycles. The fourth-order valence-corrected chi connectivity index (χ4v) is 2.16. The number of amides is 1. The molecule has 0 atom stereocenters. The topological polar surface area (TPSA) is 66.9 Å². The van der Waals surface area contributed by atoms with Crippen molar-refractivity contribution < 1.29 is 4.79 Å². The number of nitrogens with zero attached hydrogens (tertiary/aromatic N) is 2.